The molecule has 10 atom stereocenters. The van der Waals surface area contributed by atoms with Crippen LogP contribution in [0.3, 0.4) is 0 Å². The van der Waals surface area contributed by atoms with Gasteiger partial charge in [-0.3, -0.25) is 37.8 Å². The monoisotopic (exact) mass is 992 g/mol. The lowest BCUT2D eigenvalue weighted by Crippen LogP contribution is -2.48. The van der Waals surface area contributed by atoms with Crippen LogP contribution >= 0.6 is 15.6 Å². The lowest BCUT2D eigenvalue weighted by atomic mass is 10.1. The number of nitrogens with zero attached hydrogens (tertiary/aromatic N) is 6. The molecule has 0 radical (unpaired) electrons. The van der Waals surface area contributed by atoms with Gasteiger partial charge in [0.2, 0.25) is 23.5 Å². The van der Waals surface area contributed by atoms with E-state index >= 15 is 0 Å². The van der Waals surface area contributed by atoms with Gasteiger partial charge in [0.15, 0.2) is 31.0 Å². The molecule has 6 aromatic rings. The molecule has 32 heteroatoms. The number of aromatic amines is 2. The molecule has 30 nitrogen and oxygen atoms in total. The van der Waals surface area contributed by atoms with Gasteiger partial charge in [0, 0.05) is 11.4 Å². The van der Waals surface area contributed by atoms with Crippen LogP contribution in [0.2, 0.25) is 0 Å². The number of hydrogen-bond donors (Lipinski definition) is 10. The molecule has 2 aromatic carbocycles. The smallest absolute Gasteiger partial charge is 0.340 e. The maximum Gasteiger partial charge on any atom is 0.340 e. The highest BCUT2D eigenvalue weighted by Gasteiger charge is 2.52. The van der Waals surface area contributed by atoms with Crippen LogP contribution < -0.4 is 53.0 Å². The second kappa shape index (κ2) is 19.1. The number of aryl methyl sites for hydroxylation is 2. The first-order valence-corrected chi connectivity index (χ1v) is 22.6. The van der Waals surface area contributed by atoms with E-state index in [1.165, 1.54) is 55.2 Å². The molecule has 68 heavy (non-hydrogen) atoms. The Bertz CT molecular complexity index is 3110. The number of nitrogens with one attached hydrogen (secondary N) is 2. The Hall–Kier alpha value is -6.66. The van der Waals surface area contributed by atoms with E-state index in [4.69, 9.17) is 51.7 Å². The maximum atomic E-state index is 12.8. The topological polar surface area (TPSA) is 464 Å². The molecule has 2 aliphatic heterocycles. The summed E-state index contributed by atoms with van der Waals surface area (Å²) in [4.78, 5) is 103. The van der Waals surface area contributed by atoms with Gasteiger partial charge in [-0.05, 0) is 24.3 Å². The number of imidazole rings is 2. The van der Waals surface area contributed by atoms with Gasteiger partial charge in [0.25, 0.3) is 38.7 Å². The number of nitrogens with two attached hydrogens (primary N) is 4. The number of aromatic nitrogens is 8. The Labute approximate surface area is 379 Å². The first kappa shape index (κ1) is 49.3. The lowest BCUT2D eigenvalue weighted by Gasteiger charge is -2.23. The van der Waals surface area contributed by atoms with Gasteiger partial charge in [0.1, 0.15) is 18.3 Å². The number of phosphoric ester groups is 2. The van der Waals surface area contributed by atoms with Crippen LogP contribution in [0.25, 0.3) is 22.3 Å². The molecular formula is C36H42N12O18P2. The summed E-state index contributed by atoms with van der Waals surface area (Å²) in [7, 11) is -7.21. The zero-order chi connectivity index (χ0) is 49.6. The summed E-state index contributed by atoms with van der Waals surface area (Å²) in [6.45, 7) is -1.56. The molecule has 2 aliphatic rings. The van der Waals surface area contributed by atoms with Crippen molar-refractivity contribution in [3.05, 3.63) is 93.0 Å². The van der Waals surface area contributed by atoms with Gasteiger partial charge in [-0.25, -0.2) is 18.7 Å². The van der Waals surface area contributed by atoms with Crippen LogP contribution in [-0.4, -0.2) is 111 Å². The van der Waals surface area contributed by atoms with Crippen LogP contribution in [0.15, 0.2) is 70.8 Å². The number of hydrogen-bond acceptors (Lipinski definition) is 22. The fourth-order valence-corrected chi connectivity index (χ4v) is 8.09. The molecule has 2 unspecified atom stereocenters. The first-order valence-electron chi connectivity index (χ1n) is 19.6. The molecule has 8 rings (SSSR count). The highest BCUT2D eigenvalue weighted by Crippen LogP contribution is 2.37. The molecule has 6 heterocycles. The number of H-pyrrole nitrogens is 2. The summed E-state index contributed by atoms with van der Waals surface area (Å²) in [6, 6.07) is 12.1. The molecule has 0 spiro atoms. The van der Waals surface area contributed by atoms with Crippen LogP contribution in [0.4, 0.5) is 23.3 Å². The minimum Gasteiger partial charge on any atom is -0.756 e. The highest BCUT2D eigenvalue weighted by atomic mass is 31.2. The van der Waals surface area contributed by atoms with E-state index in [1.54, 1.807) is 38.4 Å². The predicted octanol–water partition coefficient (Wildman–Crippen LogP) is -4.65. The summed E-state index contributed by atoms with van der Waals surface area (Å²) in [5.41, 5.74) is 22.4. The van der Waals surface area contributed by atoms with E-state index in [2.05, 4.69) is 29.0 Å². The van der Waals surface area contributed by atoms with E-state index in [-0.39, 0.29) is 56.7 Å². The number of fused-ring (bicyclic) bond motifs is 2. The number of aliphatic hydroxyl groups is 2. The molecule has 0 saturated carbocycles. The van der Waals surface area contributed by atoms with Crippen molar-refractivity contribution in [2.75, 3.05) is 36.1 Å². The van der Waals surface area contributed by atoms with Gasteiger partial charge < -0.3 is 80.7 Å². The van der Waals surface area contributed by atoms with E-state index in [9.17, 15) is 48.3 Å². The third-order valence-corrected chi connectivity index (χ3v) is 11.4. The normalized spacial score (nSPS) is 24.2. The summed E-state index contributed by atoms with van der Waals surface area (Å²) < 4.78 is 58.7. The molecular weight excluding hydrogens is 950 g/mol. The van der Waals surface area contributed by atoms with E-state index in [1.807, 2.05) is 0 Å². The highest BCUT2D eigenvalue weighted by molar-refractivity contribution is 7.45. The average molecular weight is 993 g/mol. The zero-order valence-corrected chi connectivity index (χ0v) is 37.0. The van der Waals surface area contributed by atoms with Crippen molar-refractivity contribution in [2.45, 2.75) is 49.1 Å². The van der Waals surface area contributed by atoms with E-state index < -0.39 is 101 Å². The summed E-state index contributed by atoms with van der Waals surface area (Å²) in [5.74, 6) is -2.19. The van der Waals surface area contributed by atoms with Crippen molar-refractivity contribution in [3.8, 4) is 0 Å². The van der Waals surface area contributed by atoms with Gasteiger partial charge in [-0.15, -0.1) is 0 Å². The fraction of sp³-hybridized carbons (Fsp3) is 0.333. The molecule has 2 saturated heterocycles. The van der Waals surface area contributed by atoms with Crippen molar-refractivity contribution in [1.29, 1.82) is 0 Å². The molecule has 2 fully saturated rings. The zero-order valence-electron chi connectivity index (χ0n) is 35.2. The summed E-state index contributed by atoms with van der Waals surface area (Å²) >= 11 is 0. The Balaban J connectivity index is 0.000000201. The van der Waals surface area contributed by atoms with Gasteiger partial charge in [-0.2, -0.15) is 0 Å². The maximum absolute atomic E-state index is 12.8. The molecule has 14 N–H and O–H groups in total. The third kappa shape index (κ3) is 10.4. The van der Waals surface area contributed by atoms with Crippen LogP contribution in [0.1, 0.15) is 33.2 Å². The Kier molecular flexibility index (Phi) is 13.9. The largest absolute Gasteiger partial charge is 0.756 e. The van der Waals surface area contributed by atoms with Crippen molar-refractivity contribution < 1.29 is 85.6 Å². The van der Waals surface area contributed by atoms with Gasteiger partial charge in [0.05, 0.1) is 38.4 Å². The molecule has 0 bridgehead atoms. The number of aliphatic hydroxyl groups excluding tert-OH is 2. The number of anilines is 4. The van der Waals surface area contributed by atoms with Crippen molar-refractivity contribution in [1.82, 2.24) is 29.1 Å². The fourth-order valence-electron chi connectivity index (χ4n) is 7.42. The molecule has 0 amide bonds. The van der Waals surface area contributed by atoms with Crippen LogP contribution in [-0.2, 0) is 51.2 Å². The lowest BCUT2D eigenvalue weighted by molar-refractivity contribution is -0.746. The number of rotatable bonds is 12. The minimum absolute atomic E-state index is 0.00765. The molecule has 4 aromatic heterocycles. The number of carbonyl (C=O) groups is 2. The van der Waals surface area contributed by atoms with Crippen molar-refractivity contribution >= 4 is 73.2 Å². The molecule has 364 valence electrons. The number of para-hydroxylation sites is 2. The Morgan fingerprint density at radius 1 is 0.706 bits per heavy atom. The predicted molar refractivity (Wildman–Crippen MR) is 223 cm³/mol. The van der Waals surface area contributed by atoms with Crippen LogP contribution in [0, 0.1) is 0 Å². The minimum atomic E-state index is -5.16. The molecule has 0 aliphatic carbocycles. The quantitative estimate of drug-likeness (QED) is 0.0238. The standard InChI is InChI=1S/2C18H21N6O9P/c1-23-7-24(14-11(23)15(26)22-18(20)21-14)16-12(25)13(10(32-16)6-31-34(28,29)30)33-17(27)8-4-2-3-5-9(8)19;1-23-7-24(14-11(23)15(26)22-18(20)21-14)16-13(12(25)10(32-16)6-31-34(28,29)30)33-17(27)8-4-2-3-5-9(8)19/h2*2-5,7,10,12-13,16,25H,6H2,1H3,(H6-,19,20,21,22,26,27,28,29,30)/t2*10-,12-,13-,16-/m11/s1. The number of ether oxygens (including phenoxy) is 4. The second-order valence-electron chi connectivity index (χ2n) is 15.1. The number of benzene rings is 2. The Morgan fingerprint density at radius 2 is 1.12 bits per heavy atom. The summed E-state index contributed by atoms with van der Waals surface area (Å²) in [5, 5.41) is 21.8. The second-order valence-corrected chi connectivity index (χ2v) is 17.5. The number of carbonyl (C=O) groups excluding carboxylic acids is 2. The van der Waals surface area contributed by atoms with E-state index in [0.717, 1.165) is 0 Å². The number of nitrogen functional groups attached to an aromatic ring is 4. The number of phosphoric acid groups is 2. The van der Waals surface area contributed by atoms with Gasteiger partial charge in [-0.1, -0.05) is 34.2 Å². The van der Waals surface area contributed by atoms with Crippen LogP contribution in [0.5, 0.6) is 0 Å². The van der Waals surface area contributed by atoms with Crippen molar-refractivity contribution in [3.63, 3.8) is 0 Å². The SMILES string of the molecule is Cn1c[n+]([C@@H]2O[C@H](COP(=O)([O-])O)[C@@H](O)[C@H]2OC(=O)c2ccccc2N)c2nc(N)[nH]c(=O)c21.Cn1c[n+]([C@@H]2O[C@H](COP(=O)([O-])O)[C@@H](OC(=O)c3ccccc3N)[C@H]2O)c2nc(N)[nH]c(=O)c21. The Morgan fingerprint density at radius 3 is 1.57 bits per heavy atom. The third-order valence-electron chi connectivity index (χ3n) is 10.4. The summed E-state index contributed by atoms with van der Waals surface area (Å²) in [6.07, 6.45) is -8.57. The van der Waals surface area contributed by atoms with Crippen molar-refractivity contribution in [2.24, 2.45) is 14.1 Å². The average Bonchev–Trinajstić information content (AvgIpc) is 3.95. The number of esters is 2. The first-order chi connectivity index (χ1) is 31.9. The van der Waals surface area contributed by atoms with Gasteiger partial charge >= 0.3 is 23.2 Å². The van der Waals surface area contributed by atoms with E-state index in [0.29, 0.717) is 0 Å².